The number of benzene rings is 2. The molecule has 0 saturated carbocycles. The van der Waals surface area contributed by atoms with E-state index in [0.717, 1.165) is 21.9 Å². The SMILES string of the molecule is C=CCOc1ccc(-c2nnn(CC(=O)Nc3ccccc3SC)n2)cc1. The number of carbonyl (C=O) groups is 1. The summed E-state index contributed by atoms with van der Waals surface area (Å²) < 4.78 is 5.44. The second kappa shape index (κ2) is 9.00. The molecule has 27 heavy (non-hydrogen) atoms. The summed E-state index contributed by atoms with van der Waals surface area (Å²) in [4.78, 5) is 14.5. The molecule has 0 aliphatic carbocycles. The summed E-state index contributed by atoms with van der Waals surface area (Å²) in [5.74, 6) is 0.967. The van der Waals surface area contributed by atoms with E-state index >= 15 is 0 Å². The van der Waals surface area contributed by atoms with Crippen LogP contribution in [0.15, 0.2) is 66.1 Å². The first-order chi connectivity index (χ1) is 13.2. The van der Waals surface area contributed by atoms with Crippen LogP contribution in [-0.4, -0.2) is 39.0 Å². The molecule has 0 unspecified atom stereocenters. The molecule has 0 aliphatic heterocycles. The van der Waals surface area contributed by atoms with E-state index in [4.69, 9.17) is 4.74 Å². The molecule has 1 aromatic heterocycles. The summed E-state index contributed by atoms with van der Waals surface area (Å²) in [6, 6.07) is 15.0. The van der Waals surface area contributed by atoms with Crippen molar-refractivity contribution < 1.29 is 9.53 Å². The number of nitrogens with zero attached hydrogens (tertiary/aromatic N) is 4. The van der Waals surface area contributed by atoms with E-state index in [2.05, 4.69) is 27.3 Å². The lowest BCUT2D eigenvalue weighted by molar-refractivity contribution is -0.117. The van der Waals surface area contributed by atoms with Crippen LogP contribution in [0.4, 0.5) is 5.69 Å². The minimum Gasteiger partial charge on any atom is -0.490 e. The third-order valence-electron chi connectivity index (χ3n) is 3.60. The van der Waals surface area contributed by atoms with Gasteiger partial charge in [0.2, 0.25) is 11.7 Å². The lowest BCUT2D eigenvalue weighted by Gasteiger charge is -2.08. The Hall–Kier alpha value is -3.13. The number of hydrogen-bond acceptors (Lipinski definition) is 6. The van der Waals surface area contributed by atoms with Gasteiger partial charge in [0.15, 0.2) is 0 Å². The molecule has 2 aromatic carbocycles. The molecule has 7 nitrogen and oxygen atoms in total. The van der Waals surface area contributed by atoms with Crippen molar-refractivity contribution in [3.63, 3.8) is 0 Å². The van der Waals surface area contributed by atoms with Gasteiger partial charge in [-0.15, -0.1) is 22.0 Å². The summed E-state index contributed by atoms with van der Waals surface area (Å²) in [6.45, 7) is 4.04. The number of para-hydroxylation sites is 1. The van der Waals surface area contributed by atoms with Crippen LogP contribution in [-0.2, 0) is 11.3 Å². The first-order valence-electron chi connectivity index (χ1n) is 8.24. The van der Waals surface area contributed by atoms with Crippen LogP contribution in [0.2, 0.25) is 0 Å². The summed E-state index contributed by atoms with van der Waals surface area (Å²) in [5.41, 5.74) is 1.56. The van der Waals surface area contributed by atoms with Crippen molar-refractivity contribution in [1.82, 2.24) is 20.2 Å². The van der Waals surface area contributed by atoms with E-state index in [1.54, 1.807) is 17.8 Å². The maximum atomic E-state index is 12.3. The molecule has 0 saturated heterocycles. The van der Waals surface area contributed by atoms with Gasteiger partial charge in [0.25, 0.3) is 0 Å². The highest BCUT2D eigenvalue weighted by Crippen LogP contribution is 2.24. The van der Waals surface area contributed by atoms with Crippen molar-refractivity contribution in [3.05, 3.63) is 61.2 Å². The van der Waals surface area contributed by atoms with Crippen molar-refractivity contribution in [2.24, 2.45) is 0 Å². The van der Waals surface area contributed by atoms with Crippen molar-refractivity contribution in [2.75, 3.05) is 18.2 Å². The standard InChI is InChI=1S/C19H19N5O2S/c1-3-12-26-15-10-8-14(9-11-15)19-21-23-24(22-19)13-18(25)20-16-6-4-5-7-17(16)27-2/h3-11H,1,12-13H2,2H3,(H,20,25). The number of hydrogen-bond donors (Lipinski definition) is 1. The zero-order valence-electron chi connectivity index (χ0n) is 14.8. The molecule has 1 heterocycles. The van der Waals surface area contributed by atoms with Crippen molar-refractivity contribution in [3.8, 4) is 17.1 Å². The van der Waals surface area contributed by atoms with Gasteiger partial charge in [-0.05, 0) is 47.9 Å². The predicted molar refractivity (Wildman–Crippen MR) is 106 cm³/mol. The Balaban J connectivity index is 1.63. The molecule has 3 aromatic rings. The number of thioether (sulfide) groups is 1. The van der Waals surface area contributed by atoms with Gasteiger partial charge in [-0.2, -0.15) is 4.80 Å². The first kappa shape index (κ1) is 18.7. The number of carbonyl (C=O) groups excluding carboxylic acids is 1. The molecule has 0 radical (unpaired) electrons. The number of ether oxygens (including phenoxy) is 1. The summed E-state index contributed by atoms with van der Waals surface area (Å²) >= 11 is 1.57. The molecule has 0 aliphatic rings. The molecule has 1 amide bonds. The Labute approximate surface area is 161 Å². The second-order valence-electron chi connectivity index (χ2n) is 5.52. The monoisotopic (exact) mass is 381 g/mol. The maximum Gasteiger partial charge on any atom is 0.248 e. The van der Waals surface area contributed by atoms with Gasteiger partial charge in [-0.3, -0.25) is 4.79 Å². The van der Waals surface area contributed by atoms with Gasteiger partial charge < -0.3 is 10.1 Å². The normalized spacial score (nSPS) is 10.4. The van der Waals surface area contributed by atoms with Crippen LogP contribution < -0.4 is 10.1 Å². The molecule has 1 N–H and O–H groups in total. The molecule has 0 spiro atoms. The zero-order valence-corrected chi connectivity index (χ0v) is 15.6. The highest BCUT2D eigenvalue weighted by atomic mass is 32.2. The average molecular weight is 381 g/mol. The van der Waals surface area contributed by atoms with Crippen molar-refractivity contribution in [2.45, 2.75) is 11.4 Å². The van der Waals surface area contributed by atoms with Gasteiger partial charge >= 0.3 is 0 Å². The third-order valence-corrected chi connectivity index (χ3v) is 4.40. The van der Waals surface area contributed by atoms with E-state index < -0.39 is 0 Å². The molecular formula is C19H19N5O2S. The largest absolute Gasteiger partial charge is 0.490 e. The van der Waals surface area contributed by atoms with Crippen LogP contribution in [0.3, 0.4) is 0 Å². The Kier molecular flexibility index (Phi) is 6.22. The fourth-order valence-electron chi connectivity index (χ4n) is 2.35. The quantitative estimate of drug-likeness (QED) is 0.476. The minimum absolute atomic E-state index is 0.0176. The number of rotatable bonds is 8. The van der Waals surface area contributed by atoms with Gasteiger partial charge in [-0.1, -0.05) is 24.8 Å². The van der Waals surface area contributed by atoms with Gasteiger partial charge in [-0.25, -0.2) is 0 Å². The van der Waals surface area contributed by atoms with E-state index in [9.17, 15) is 4.79 Å². The molecule has 138 valence electrons. The van der Waals surface area contributed by atoms with Crippen LogP contribution in [0.1, 0.15) is 0 Å². The van der Waals surface area contributed by atoms with Gasteiger partial charge in [0.05, 0.1) is 5.69 Å². The van der Waals surface area contributed by atoms with Crippen LogP contribution >= 0.6 is 11.8 Å². The fourth-order valence-corrected chi connectivity index (χ4v) is 2.90. The number of aromatic nitrogens is 4. The average Bonchev–Trinajstić information content (AvgIpc) is 3.15. The highest BCUT2D eigenvalue weighted by molar-refractivity contribution is 7.98. The third kappa shape index (κ3) is 4.95. The molecular weight excluding hydrogens is 362 g/mol. The zero-order chi connectivity index (χ0) is 19.1. The molecule has 8 heteroatoms. The topological polar surface area (TPSA) is 81.9 Å². The number of anilines is 1. The van der Waals surface area contributed by atoms with Gasteiger partial charge in [0, 0.05) is 10.5 Å². The van der Waals surface area contributed by atoms with E-state index in [1.165, 1.54) is 4.80 Å². The summed E-state index contributed by atoms with van der Waals surface area (Å²) in [5, 5.41) is 15.1. The van der Waals surface area contributed by atoms with E-state index in [0.29, 0.717) is 12.4 Å². The van der Waals surface area contributed by atoms with Crippen LogP contribution in [0.25, 0.3) is 11.4 Å². The predicted octanol–water partition coefficient (Wildman–Crippen LogP) is 3.27. The Morgan fingerprint density at radius 2 is 2.04 bits per heavy atom. The smallest absolute Gasteiger partial charge is 0.248 e. The van der Waals surface area contributed by atoms with Crippen molar-refractivity contribution >= 4 is 23.4 Å². The maximum absolute atomic E-state index is 12.3. The van der Waals surface area contributed by atoms with E-state index in [1.807, 2.05) is 54.8 Å². The Bertz CT molecular complexity index is 924. The van der Waals surface area contributed by atoms with E-state index in [-0.39, 0.29) is 12.5 Å². The van der Waals surface area contributed by atoms with Crippen LogP contribution in [0.5, 0.6) is 5.75 Å². The summed E-state index contributed by atoms with van der Waals surface area (Å²) in [6.07, 6.45) is 3.65. The first-order valence-corrected chi connectivity index (χ1v) is 9.47. The molecule has 3 rings (SSSR count). The van der Waals surface area contributed by atoms with Crippen molar-refractivity contribution in [1.29, 1.82) is 0 Å². The molecule has 0 atom stereocenters. The Morgan fingerprint density at radius 1 is 1.26 bits per heavy atom. The lowest BCUT2D eigenvalue weighted by atomic mass is 10.2. The number of nitrogens with one attached hydrogen (secondary N) is 1. The highest BCUT2D eigenvalue weighted by Gasteiger charge is 2.11. The number of tetrazole rings is 1. The number of amides is 1. The second-order valence-corrected chi connectivity index (χ2v) is 6.36. The fraction of sp³-hybridized carbons (Fsp3) is 0.158. The Morgan fingerprint density at radius 3 is 2.78 bits per heavy atom. The lowest BCUT2D eigenvalue weighted by Crippen LogP contribution is -2.20. The molecule has 0 fully saturated rings. The van der Waals surface area contributed by atoms with Gasteiger partial charge in [0.1, 0.15) is 18.9 Å². The minimum atomic E-state index is -0.214. The van der Waals surface area contributed by atoms with Crippen LogP contribution in [0, 0.1) is 0 Å². The summed E-state index contributed by atoms with van der Waals surface area (Å²) in [7, 11) is 0. The molecule has 0 bridgehead atoms.